The molecule has 0 radical (unpaired) electrons. The lowest BCUT2D eigenvalue weighted by molar-refractivity contribution is -0.136. The van der Waals surface area contributed by atoms with Gasteiger partial charge in [-0.3, -0.25) is 4.79 Å². The van der Waals surface area contributed by atoms with Crippen molar-refractivity contribution in [2.75, 3.05) is 5.32 Å². The Morgan fingerprint density at radius 2 is 2.32 bits per heavy atom. The van der Waals surface area contributed by atoms with Crippen molar-refractivity contribution in [3.8, 4) is 0 Å². The molecule has 0 saturated heterocycles. The van der Waals surface area contributed by atoms with Gasteiger partial charge in [-0.05, 0) is 13.8 Å². The van der Waals surface area contributed by atoms with Gasteiger partial charge in [-0.25, -0.2) is 4.98 Å². The molecule has 2 N–H and O–H groups in total. The van der Waals surface area contributed by atoms with Crippen LogP contribution < -0.4 is 5.32 Å². The highest BCUT2D eigenvalue weighted by Gasteiger charge is 2.10. The number of carboxylic acids is 1. The smallest absolute Gasteiger partial charge is 0.303 e. The first-order valence-corrected chi connectivity index (χ1v) is 6.76. The van der Waals surface area contributed by atoms with Gasteiger partial charge in [-0.2, -0.15) is 0 Å². The van der Waals surface area contributed by atoms with Crippen LogP contribution in [0.25, 0.3) is 0 Å². The molecule has 2 heterocycles. The molecular formula is C12H15N3O3S. The summed E-state index contributed by atoms with van der Waals surface area (Å²) in [5, 5.41) is 18.3. The monoisotopic (exact) mass is 281 g/mol. The average molecular weight is 281 g/mol. The number of carboxylic acid groups (broad SMARTS) is 1. The largest absolute Gasteiger partial charge is 0.481 e. The number of aryl methyl sites for hydroxylation is 3. The number of aromatic nitrogens is 2. The van der Waals surface area contributed by atoms with Crippen molar-refractivity contribution in [1.82, 2.24) is 10.1 Å². The summed E-state index contributed by atoms with van der Waals surface area (Å²) in [6.07, 6.45) is 0.561. The number of nitrogens with one attached hydrogen (secondary N) is 1. The van der Waals surface area contributed by atoms with E-state index in [-0.39, 0.29) is 6.42 Å². The van der Waals surface area contributed by atoms with E-state index < -0.39 is 5.97 Å². The standard InChI is InChI=1S/C12H15N3O3S/c1-7-10(8(2)18-15-7)5-13-12-14-9(6-19-12)3-4-11(16)17/h6H,3-5H2,1-2H3,(H,13,14)(H,16,17). The zero-order chi connectivity index (χ0) is 13.8. The van der Waals surface area contributed by atoms with Crippen molar-refractivity contribution < 1.29 is 14.4 Å². The minimum absolute atomic E-state index is 0.104. The molecule has 2 rings (SSSR count). The third-order valence-electron chi connectivity index (χ3n) is 2.74. The van der Waals surface area contributed by atoms with E-state index in [0.29, 0.717) is 13.0 Å². The minimum Gasteiger partial charge on any atom is -0.481 e. The van der Waals surface area contributed by atoms with Crippen LogP contribution in [0.3, 0.4) is 0 Å². The Morgan fingerprint density at radius 1 is 1.53 bits per heavy atom. The highest BCUT2D eigenvalue weighted by Crippen LogP contribution is 2.19. The molecule has 2 aromatic heterocycles. The fourth-order valence-electron chi connectivity index (χ4n) is 1.66. The summed E-state index contributed by atoms with van der Waals surface area (Å²) in [4.78, 5) is 14.8. The predicted molar refractivity (Wildman–Crippen MR) is 71.4 cm³/mol. The molecule has 0 fully saturated rings. The summed E-state index contributed by atoms with van der Waals surface area (Å²) in [5.41, 5.74) is 2.70. The fraction of sp³-hybridized carbons (Fsp3) is 0.417. The first-order chi connectivity index (χ1) is 9.06. The number of carbonyl (C=O) groups is 1. The summed E-state index contributed by atoms with van der Waals surface area (Å²) in [6.45, 7) is 4.37. The van der Waals surface area contributed by atoms with Crippen LogP contribution in [0.5, 0.6) is 0 Å². The molecular weight excluding hydrogens is 266 g/mol. The van der Waals surface area contributed by atoms with Gasteiger partial charge in [-0.15, -0.1) is 11.3 Å². The van der Waals surface area contributed by atoms with E-state index >= 15 is 0 Å². The van der Waals surface area contributed by atoms with Gasteiger partial charge in [0, 0.05) is 23.9 Å². The van der Waals surface area contributed by atoms with Crippen molar-refractivity contribution >= 4 is 22.4 Å². The van der Waals surface area contributed by atoms with E-state index in [0.717, 1.165) is 27.8 Å². The first-order valence-electron chi connectivity index (χ1n) is 5.88. The third-order valence-corrected chi connectivity index (χ3v) is 3.59. The molecule has 0 atom stereocenters. The fourth-order valence-corrected chi connectivity index (χ4v) is 2.40. The minimum atomic E-state index is -0.807. The summed E-state index contributed by atoms with van der Waals surface area (Å²) in [6, 6.07) is 0. The van der Waals surface area contributed by atoms with E-state index in [1.807, 2.05) is 19.2 Å². The molecule has 2 aromatic rings. The van der Waals surface area contributed by atoms with E-state index in [4.69, 9.17) is 9.63 Å². The maximum atomic E-state index is 10.5. The maximum Gasteiger partial charge on any atom is 0.303 e. The van der Waals surface area contributed by atoms with E-state index in [9.17, 15) is 4.79 Å². The molecule has 0 aliphatic rings. The van der Waals surface area contributed by atoms with Crippen LogP contribution in [0.15, 0.2) is 9.90 Å². The Morgan fingerprint density at radius 3 is 2.95 bits per heavy atom. The highest BCUT2D eigenvalue weighted by molar-refractivity contribution is 7.13. The number of nitrogens with zero attached hydrogens (tertiary/aromatic N) is 2. The zero-order valence-corrected chi connectivity index (χ0v) is 11.6. The summed E-state index contributed by atoms with van der Waals surface area (Å²) < 4.78 is 5.08. The molecule has 19 heavy (non-hydrogen) atoms. The molecule has 0 unspecified atom stereocenters. The molecule has 102 valence electrons. The van der Waals surface area contributed by atoms with Crippen molar-refractivity contribution in [2.45, 2.75) is 33.2 Å². The van der Waals surface area contributed by atoms with Crippen LogP contribution in [0, 0.1) is 13.8 Å². The van der Waals surface area contributed by atoms with Gasteiger partial charge < -0.3 is 14.9 Å². The van der Waals surface area contributed by atoms with Crippen LogP contribution in [0.2, 0.25) is 0 Å². The van der Waals surface area contributed by atoms with E-state index in [1.54, 1.807) is 0 Å². The lowest BCUT2D eigenvalue weighted by Crippen LogP contribution is -2.02. The van der Waals surface area contributed by atoms with Gasteiger partial charge in [0.1, 0.15) is 5.76 Å². The van der Waals surface area contributed by atoms with Crippen LogP contribution in [0.4, 0.5) is 5.13 Å². The number of rotatable bonds is 6. The summed E-state index contributed by atoms with van der Waals surface area (Å²) in [5.74, 6) is -0.00844. The molecule has 7 heteroatoms. The Hall–Kier alpha value is -1.89. The van der Waals surface area contributed by atoms with Gasteiger partial charge in [-0.1, -0.05) is 5.16 Å². The maximum absolute atomic E-state index is 10.5. The predicted octanol–water partition coefficient (Wildman–Crippen LogP) is 2.38. The Kier molecular flexibility index (Phi) is 4.16. The molecule has 0 bridgehead atoms. The SMILES string of the molecule is Cc1noc(C)c1CNc1nc(CCC(=O)O)cs1. The quantitative estimate of drug-likeness (QED) is 0.845. The number of anilines is 1. The Labute approximate surface area is 114 Å². The van der Waals surface area contributed by atoms with Gasteiger partial charge in [0.2, 0.25) is 0 Å². The molecule has 0 aliphatic heterocycles. The average Bonchev–Trinajstić information content (AvgIpc) is 2.93. The van der Waals surface area contributed by atoms with Gasteiger partial charge in [0.25, 0.3) is 0 Å². The van der Waals surface area contributed by atoms with Crippen LogP contribution >= 0.6 is 11.3 Å². The summed E-state index contributed by atoms with van der Waals surface area (Å²) >= 11 is 1.47. The number of aliphatic carboxylic acids is 1. The second-order valence-corrected chi connectivity index (χ2v) is 5.05. The third kappa shape index (κ3) is 3.54. The van der Waals surface area contributed by atoms with E-state index in [1.165, 1.54) is 11.3 Å². The molecule has 0 amide bonds. The zero-order valence-electron chi connectivity index (χ0n) is 10.8. The van der Waals surface area contributed by atoms with Gasteiger partial charge in [0.15, 0.2) is 5.13 Å². The first kappa shape index (κ1) is 13.5. The lowest BCUT2D eigenvalue weighted by Gasteiger charge is -2.01. The van der Waals surface area contributed by atoms with Crippen molar-refractivity contribution in [1.29, 1.82) is 0 Å². The van der Waals surface area contributed by atoms with E-state index in [2.05, 4.69) is 15.5 Å². The molecule has 6 nitrogen and oxygen atoms in total. The van der Waals surface area contributed by atoms with Crippen LogP contribution in [0.1, 0.15) is 29.1 Å². The van der Waals surface area contributed by atoms with Crippen molar-refractivity contribution in [3.05, 3.63) is 28.1 Å². The second-order valence-electron chi connectivity index (χ2n) is 4.19. The second kappa shape index (κ2) is 5.83. The van der Waals surface area contributed by atoms with Gasteiger partial charge >= 0.3 is 5.97 Å². The van der Waals surface area contributed by atoms with Crippen molar-refractivity contribution in [2.24, 2.45) is 0 Å². The highest BCUT2D eigenvalue weighted by atomic mass is 32.1. The topological polar surface area (TPSA) is 88.3 Å². The molecule has 0 saturated carbocycles. The number of thiazole rings is 1. The molecule has 0 aromatic carbocycles. The number of hydrogen-bond acceptors (Lipinski definition) is 6. The normalized spacial score (nSPS) is 10.6. The number of hydrogen-bond donors (Lipinski definition) is 2. The Balaban J connectivity index is 1.92. The Bertz CT molecular complexity index is 557. The summed E-state index contributed by atoms with van der Waals surface area (Å²) in [7, 11) is 0. The van der Waals surface area contributed by atoms with Crippen molar-refractivity contribution in [3.63, 3.8) is 0 Å². The van der Waals surface area contributed by atoms with Crippen LogP contribution in [-0.2, 0) is 17.8 Å². The molecule has 0 aliphatic carbocycles. The molecule has 0 spiro atoms. The lowest BCUT2D eigenvalue weighted by atomic mass is 10.2. The van der Waals surface area contributed by atoms with Crippen LogP contribution in [-0.4, -0.2) is 21.2 Å². The van der Waals surface area contributed by atoms with Gasteiger partial charge in [0.05, 0.1) is 17.8 Å².